The Morgan fingerprint density at radius 1 is 0.794 bits per heavy atom. The topological polar surface area (TPSA) is 82.5 Å². The largest absolute Gasteiger partial charge is 0.497 e. The van der Waals surface area contributed by atoms with Crippen molar-refractivity contribution in [3.8, 4) is 28.7 Å². The van der Waals surface area contributed by atoms with Crippen molar-refractivity contribution in [2.24, 2.45) is 0 Å². The molecular weight excluding hydrogens is 428 g/mol. The number of hydrogen-bond acceptors (Lipinski definition) is 6. The maximum atomic E-state index is 13.5. The van der Waals surface area contributed by atoms with Crippen molar-refractivity contribution < 1.29 is 9.15 Å². The molecule has 0 N–H and O–H groups in total. The molecule has 0 saturated carbocycles. The highest BCUT2D eigenvalue weighted by molar-refractivity contribution is 6.18. The molecule has 7 heteroatoms. The lowest BCUT2D eigenvalue weighted by Crippen LogP contribution is -2.13. The van der Waals surface area contributed by atoms with E-state index in [1.165, 1.54) is 0 Å². The number of imidazole rings is 1. The van der Waals surface area contributed by atoms with Crippen LogP contribution in [0.3, 0.4) is 0 Å². The molecule has 0 spiro atoms. The molecule has 0 aliphatic rings. The van der Waals surface area contributed by atoms with Gasteiger partial charge in [-0.1, -0.05) is 24.3 Å². The van der Waals surface area contributed by atoms with Gasteiger partial charge in [-0.2, -0.15) is 0 Å². The SMILES string of the molecule is COc1ccc(-c2nnc(-c3ccc4c5c3cccc5c(=O)n3c5ccccc5nc43)o2)cc1. The number of fused-ring (bicyclic) bond motifs is 4. The third-order valence-corrected chi connectivity index (χ3v) is 6.27. The van der Waals surface area contributed by atoms with Crippen LogP contribution in [0.15, 0.2) is 88.1 Å². The van der Waals surface area contributed by atoms with E-state index >= 15 is 0 Å². The average molecular weight is 444 g/mol. The predicted octanol–water partition coefficient (Wildman–Crippen LogP) is 5.32. The number of nitrogens with zero attached hydrogens (tertiary/aromatic N) is 4. The van der Waals surface area contributed by atoms with Crippen LogP contribution in [0.4, 0.5) is 0 Å². The Hall–Kier alpha value is -4.78. The highest BCUT2D eigenvalue weighted by Gasteiger charge is 2.20. The number of hydrogen-bond donors (Lipinski definition) is 0. The maximum Gasteiger partial charge on any atom is 0.264 e. The Labute approximate surface area is 192 Å². The summed E-state index contributed by atoms with van der Waals surface area (Å²) in [4.78, 5) is 18.3. The number of methoxy groups -OCH3 is 1. The van der Waals surface area contributed by atoms with E-state index in [1.807, 2.05) is 78.9 Å². The standard InChI is InChI=1S/C27H16N4O3/c1-33-16-11-9-15(10-12-16)25-29-30-26(34-25)18-13-14-19-23-17(18)5-4-6-20(23)27(32)31-22-8-3-2-7-21(22)28-24(19)31/h2-14H,1H3. The second-order valence-electron chi connectivity index (χ2n) is 8.09. The summed E-state index contributed by atoms with van der Waals surface area (Å²) in [6, 6.07) is 24.8. The van der Waals surface area contributed by atoms with Gasteiger partial charge in [-0.05, 0) is 60.0 Å². The van der Waals surface area contributed by atoms with Gasteiger partial charge in [0.1, 0.15) is 11.4 Å². The lowest BCUT2D eigenvalue weighted by atomic mass is 9.98. The molecule has 7 nitrogen and oxygen atoms in total. The molecule has 0 atom stereocenters. The van der Waals surface area contributed by atoms with Gasteiger partial charge in [0, 0.05) is 27.3 Å². The van der Waals surface area contributed by atoms with E-state index < -0.39 is 0 Å². The van der Waals surface area contributed by atoms with Crippen molar-refractivity contribution in [2.75, 3.05) is 7.11 Å². The van der Waals surface area contributed by atoms with Gasteiger partial charge in [0.05, 0.1) is 18.1 Å². The van der Waals surface area contributed by atoms with Crippen molar-refractivity contribution in [3.05, 3.63) is 89.2 Å². The van der Waals surface area contributed by atoms with Crippen molar-refractivity contribution in [3.63, 3.8) is 0 Å². The first kappa shape index (κ1) is 18.8. The number of para-hydroxylation sites is 2. The van der Waals surface area contributed by atoms with Crippen LogP contribution < -0.4 is 10.3 Å². The fraction of sp³-hybridized carbons (Fsp3) is 0.0370. The van der Waals surface area contributed by atoms with Crippen LogP contribution in [0.25, 0.3) is 61.1 Å². The predicted molar refractivity (Wildman–Crippen MR) is 130 cm³/mol. The molecule has 0 aliphatic carbocycles. The van der Waals surface area contributed by atoms with Crippen molar-refractivity contribution in [1.29, 1.82) is 0 Å². The second kappa shape index (κ2) is 6.86. The van der Waals surface area contributed by atoms with Gasteiger partial charge in [-0.25, -0.2) is 4.98 Å². The quantitative estimate of drug-likeness (QED) is 0.367. The van der Waals surface area contributed by atoms with Crippen molar-refractivity contribution in [1.82, 2.24) is 19.6 Å². The lowest BCUT2D eigenvalue weighted by Gasteiger charge is -2.09. The number of pyridine rings is 1. The molecule has 4 aromatic carbocycles. The van der Waals surface area contributed by atoms with E-state index in [2.05, 4.69) is 10.2 Å². The van der Waals surface area contributed by atoms with Crippen LogP contribution in [0, 0.1) is 0 Å². The van der Waals surface area contributed by atoms with Gasteiger partial charge < -0.3 is 9.15 Å². The molecule has 34 heavy (non-hydrogen) atoms. The molecule has 162 valence electrons. The molecule has 0 radical (unpaired) electrons. The zero-order chi connectivity index (χ0) is 22.8. The minimum atomic E-state index is -0.0941. The summed E-state index contributed by atoms with van der Waals surface area (Å²) in [7, 11) is 1.62. The van der Waals surface area contributed by atoms with Crippen LogP contribution in [0.5, 0.6) is 5.75 Å². The first-order valence-electron chi connectivity index (χ1n) is 10.8. The van der Waals surface area contributed by atoms with Gasteiger partial charge in [-0.15, -0.1) is 10.2 Å². The lowest BCUT2D eigenvalue weighted by molar-refractivity contribution is 0.415. The van der Waals surface area contributed by atoms with E-state index in [1.54, 1.807) is 11.5 Å². The van der Waals surface area contributed by atoms with Crippen LogP contribution >= 0.6 is 0 Å². The zero-order valence-corrected chi connectivity index (χ0v) is 18.0. The minimum Gasteiger partial charge on any atom is -0.497 e. The number of rotatable bonds is 3. The summed E-state index contributed by atoms with van der Waals surface area (Å²) >= 11 is 0. The van der Waals surface area contributed by atoms with Crippen molar-refractivity contribution in [2.45, 2.75) is 0 Å². The van der Waals surface area contributed by atoms with Crippen LogP contribution in [0.2, 0.25) is 0 Å². The van der Waals surface area contributed by atoms with E-state index in [4.69, 9.17) is 14.1 Å². The highest BCUT2D eigenvalue weighted by Crippen LogP contribution is 2.36. The van der Waals surface area contributed by atoms with Gasteiger partial charge >= 0.3 is 0 Å². The molecule has 0 bridgehead atoms. The summed E-state index contributed by atoms with van der Waals surface area (Å²) < 4.78 is 13.0. The molecular formula is C27H16N4O3. The summed E-state index contributed by atoms with van der Waals surface area (Å²) in [5.41, 5.74) is 3.71. The van der Waals surface area contributed by atoms with Crippen molar-refractivity contribution >= 4 is 38.2 Å². The van der Waals surface area contributed by atoms with Gasteiger partial charge in [-0.3, -0.25) is 9.20 Å². The zero-order valence-electron chi connectivity index (χ0n) is 18.0. The maximum absolute atomic E-state index is 13.5. The van der Waals surface area contributed by atoms with Crippen LogP contribution in [0.1, 0.15) is 0 Å². The van der Waals surface area contributed by atoms with E-state index in [9.17, 15) is 4.79 Å². The summed E-state index contributed by atoms with van der Waals surface area (Å²) in [5, 5.41) is 11.8. The van der Waals surface area contributed by atoms with Crippen LogP contribution in [-0.2, 0) is 0 Å². The minimum absolute atomic E-state index is 0.0941. The Bertz CT molecular complexity index is 1920. The molecule has 0 amide bonds. The number of ether oxygens (including phenoxy) is 1. The Kier molecular flexibility index (Phi) is 3.78. The highest BCUT2D eigenvalue weighted by atomic mass is 16.5. The number of benzene rings is 4. The Morgan fingerprint density at radius 2 is 1.59 bits per heavy atom. The molecule has 0 fully saturated rings. The third kappa shape index (κ3) is 2.52. The summed E-state index contributed by atoms with van der Waals surface area (Å²) in [6.07, 6.45) is 0. The summed E-state index contributed by atoms with van der Waals surface area (Å²) in [5.74, 6) is 1.56. The Balaban J connectivity index is 1.48. The fourth-order valence-electron chi connectivity index (χ4n) is 4.67. The van der Waals surface area contributed by atoms with Gasteiger partial charge in [0.25, 0.3) is 5.56 Å². The first-order valence-corrected chi connectivity index (χ1v) is 10.8. The van der Waals surface area contributed by atoms with Crippen LogP contribution in [-0.4, -0.2) is 26.7 Å². The molecule has 7 rings (SSSR count). The average Bonchev–Trinajstić information content (AvgIpc) is 3.53. The molecule has 0 unspecified atom stereocenters. The normalized spacial score (nSPS) is 11.8. The monoisotopic (exact) mass is 444 g/mol. The Morgan fingerprint density at radius 3 is 2.44 bits per heavy atom. The smallest absolute Gasteiger partial charge is 0.264 e. The molecule has 0 aliphatic heterocycles. The third-order valence-electron chi connectivity index (χ3n) is 6.27. The summed E-state index contributed by atoms with van der Waals surface area (Å²) in [6.45, 7) is 0. The fourth-order valence-corrected chi connectivity index (χ4v) is 4.67. The van der Waals surface area contributed by atoms with Gasteiger partial charge in [0.15, 0.2) is 0 Å². The second-order valence-corrected chi connectivity index (χ2v) is 8.09. The molecule has 0 saturated heterocycles. The molecule has 7 aromatic rings. The number of aromatic nitrogens is 4. The molecule has 3 aromatic heterocycles. The first-order chi connectivity index (χ1) is 16.7. The van der Waals surface area contributed by atoms with E-state index in [0.717, 1.165) is 44.1 Å². The van der Waals surface area contributed by atoms with E-state index in [-0.39, 0.29) is 5.56 Å². The van der Waals surface area contributed by atoms with E-state index in [0.29, 0.717) is 22.8 Å². The van der Waals surface area contributed by atoms with Gasteiger partial charge in [0.2, 0.25) is 11.8 Å². The molecule has 3 heterocycles.